The summed E-state index contributed by atoms with van der Waals surface area (Å²) in [6.45, 7) is -1.79. The van der Waals surface area contributed by atoms with E-state index >= 15 is 0 Å². The molecular weight excluding hydrogens is 382 g/mol. The number of alkyl halides is 2. The molecule has 0 fully saturated rings. The van der Waals surface area contributed by atoms with Crippen LogP contribution in [-0.2, 0) is 0 Å². The van der Waals surface area contributed by atoms with Gasteiger partial charge in [-0.05, 0) is 37.9 Å². The van der Waals surface area contributed by atoms with Crippen LogP contribution in [0.15, 0.2) is 36.7 Å². The van der Waals surface area contributed by atoms with Crippen molar-refractivity contribution in [1.82, 2.24) is 14.5 Å². The van der Waals surface area contributed by atoms with E-state index in [1.807, 2.05) is 31.1 Å². The van der Waals surface area contributed by atoms with Crippen LogP contribution in [-0.4, -0.2) is 55.5 Å². The quantitative estimate of drug-likeness (QED) is 0.575. The molecule has 1 aromatic carbocycles. The molecule has 0 aliphatic rings. The minimum Gasteiger partial charge on any atom is -0.495 e. The summed E-state index contributed by atoms with van der Waals surface area (Å²) in [5, 5.41) is 13.6. The third kappa shape index (κ3) is 4.55. The lowest BCUT2D eigenvalue weighted by Crippen LogP contribution is -2.19. The summed E-state index contributed by atoms with van der Waals surface area (Å²) < 4.78 is 42.8. The molecule has 0 aliphatic heterocycles. The monoisotopic (exact) mass is 402 g/mol. The van der Waals surface area contributed by atoms with Gasteiger partial charge in [-0.15, -0.1) is 0 Å². The second kappa shape index (κ2) is 8.75. The zero-order valence-corrected chi connectivity index (χ0v) is 16.2. The standard InChI is InChI=1S/C20H20F2N4O3/c1-25(2)6-7-28-14-4-5-26-17(10-14)16(12-24-26)13-8-18(27-3)15(11-23)19(9-13)29-20(21)22/h4-5,8-10,12,20H,6-7H2,1-3H3. The first kappa shape index (κ1) is 20.4. The number of ether oxygens (including phenoxy) is 3. The summed E-state index contributed by atoms with van der Waals surface area (Å²) in [4.78, 5) is 2.01. The number of nitriles is 1. The molecule has 0 atom stereocenters. The van der Waals surface area contributed by atoms with E-state index in [1.54, 1.807) is 29.0 Å². The van der Waals surface area contributed by atoms with E-state index in [-0.39, 0.29) is 17.1 Å². The molecule has 0 unspecified atom stereocenters. The molecule has 0 N–H and O–H groups in total. The van der Waals surface area contributed by atoms with E-state index in [2.05, 4.69) is 9.84 Å². The van der Waals surface area contributed by atoms with Gasteiger partial charge in [0.25, 0.3) is 0 Å². The van der Waals surface area contributed by atoms with Gasteiger partial charge in [0, 0.05) is 24.4 Å². The smallest absolute Gasteiger partial charge is 0.387 e. The maximum absolute atomic E-state index is 12.8. The van der Waals surface area contributed by atoms with Crippen molar-refractivity contribution in [2.24, 2.45) is 0 Å². The number of fused-ring (bicyclic) bond motifs is 1. The van der Waals surface area contributed by atoms with Gasteiger partial charge in [0.15, 0.2) is 0 Å². The normalized spacial score (nSPS) is 11.1. The highest BCUT2D eigenvalue weighted by Crippen LogP contribution is 2.37. The highest BCUT2D eigenvalue weighted by atomic mass is 19.3. The molecule has 9 heteroatoms. The van der Waals surface area contributed by atoms with E-state index in [0.29, 0.717) is 29.0 Å². The average Bonchev–Trinajstić information content (AvgIpc) is 3.09. The van der Waals surface area contributed by atoms with Crippen LogP contribution in [0.5, 0.6) is 17.2 Å². The molecule has 3 aromatic rings. The fourth-order valence-electron chi connectivity index (χ4n) is 2.83. The van der Waals surface area contributed by atoms with Crippen molar-refractivity contribution in [2.45, 2.75) is 6.61 Å². The van der Waals surface area contributed by atoms with Crippen molar-refractivity contribution in [3.8, 4) is 34.4 Å². The lowest BCUT2D eigenvalue weighted by Gasteiger charge is -2.13. The molecule has 29 heavy (non-hydrogen) atoms. The number of nitrogens with zero attached hydrogens (tertiary/aromatic N) is 4. The Kier molecular flexibility index (Phi) is 6.14. The van der Waals surface area contributed by atoms with Gasteiger partial charge in [-0.1, -0.05) is 0 Å². The molecule has 0 amide bonds. The van der Waals surface area contributed by atoms with Crippen LogP contribution in [0.3, 0.4) is 0 Å². The van der Waals surface area contributed by atoms with Crippen LogP contribution >= 0.6 is 0 Å². The van der Waals surface area contributed by atoms with Crippen LogP contribution in [0.2, 0.25) is 0 Å². The number of aromatic nitrogens is 2. The van der Waals surface area contributed by atoms with E-state index in [0.717, 1.165) is 6.54 Å². The van der Waals surface area contributed by atoms with Crippen molar-refractivity contribution in [2.75, 3.05) is 34.4 Å². The molecule has 0 radical (unpaired) electrons. The van der Waals surface area contributed by atoms with E-state index in [9.17, 15) is 14.0 Å². The lowest BCUT2D eigenvalue weighted by atomic mass is 10.0. The summed E-state index contributed by atoms with van der Waals surface area (Å²) in [7, 11) is 5.27. The first-order valence-electron chi connectivity index (χ1n) is 8.75. The van der Waals surface area contributed by atoms with Gasteiger partial charge in [-0.25, -0.2) is 4.52 Å². The van der Waals surface area contributed by atoms with Crippen molar-refractivity contribution in [3.05, 3.63) is 42.2 Å². The summed E-state index contributed by atoms with van der Waals surface area (Å²) >= 11 is 0. The number of likely N-dealkylation sites (N-methyl/N-ethyl adjacent to an activating group) is 1. The molecule has 2 aromatic heterocycles. The number of benzene rings is 1. The van der Waals surface area contributed by atoms with Gasteiger partial charge in [-0.2, -0.15) is 19.1 Å². The summed E-state index contributed by atoms with van der Waals surface area (Å²) in [6, 6.07) is 8.42. The summed E-state index contributed by atoms with van der Waals surface area (Å²) in [5.74, 6) is 0.540. The zero-order chi connectivity index (χ0) is 21.0. The minimum atomic E-state index is -3.07. The Labute approximate surface area is 166 Å². The van der Waals surface area contributed by atoms with E-state index < -0.39 is 6.61 Å². The number of rotatable bonds is 8. The van der Waals surface area contributed by atoms with Crippen LogP contribution in [0.1, 0.15) is 5.56 Å². The van der Waals surface area contributed by atoms with Gasteiger partial charge in [0.2, 0.25) is 0 Å². The maximum atomic E-state index is 12.8. The molecule has 0 spiro atoms. The molecule has 0 bridgehead atoms. The van der Waals surface area contributed by atoms with Crippen LogP contribution in [0.25, 0.3) is 16.6 Å². The van der Waals surface area contributed by atoms with Crippen LogP contribution in [0.4, 0.5) is 8.78 Å². The first-order valence-corrected chi connectivity index (χ1v) is 8.75. The van der Waals surface area contributed by atoms with E-state index in [4.69, 9.17) is 9.47 Å². The number of halogens is 2. The molecule has 7 nitrogen and oxygen atoms in total. The Morgan fingerprint density at radius 2 is 2.00 bits per heavy atom. The fourth-order valence-corrected chi connectivity index (χ4v) is 2.83. The topological polar surface area (TPSA) is 72.0 Å². The number of hydrogen-bond acceptors (Lipinski definition) is 6. The van der Waals surface area contributed by atoms with Crippen molar-refractivity contribution in [1.29, 1.82) is 5.26 Å². The first-order chi connectivity index (χ1) is 13.9. The number of hydrogen-bond donors (Lipinski definition) is 0. The second-order valence-electron chi connectivity index (χ2n) is 6.44. The van der Waals surface area contributed by atoms with Crippen LogP contribution in [0, 0.1) is 11.3 Å². The average molecular weight is 402 g/mol. The Hall–Kier alpha value is -3.38. The molecular formula is C20H20F2N4O3. The van der Waals surface area contributed by atoms with Crippen molar-refractivity contribution in [3.63, 3.8) is 0 Å². The highest BCUT2D eigenvalue weighted by Gasteiger charge is 2.19. The highest BCUT2D eigenvalue weighted by molar-refractivity contribution is 5.83. The van der Waals surface area contributed by atoms with Crippen molar-refractivity contribution < 1.29 is 23.0 Å². The van der Waals surface area contributed by atoms with Crippen molar-refractivity contribution >= 4 is 5.52 Å². The Morgan fingerprint density at radius 3 is 2.66 bits per heavy atom. The molecule has 0 aliphatic carbocycles. The summed E-state index contributed by atoms with van der Waals surface area (Å²) in [6.07, 6.45) is 3.35. The Balaban J connectivity index is 2.04. The van der Waals surface area contributed by atoms with Gasteiger partial charge < -0.3 is 19.1 Å². The SMILES string of the molecule is COc1cc(-c2cnn3ccc(OCCN(C)C)cc23)cc(OC(F)F)c1C#N. The number of methoxy groups -OCH3 is 1. The summed E-state index contributed by atoms with van der Waals surface area (Å²) in [5.41, 5.74) is 1.80. The Morgan fingerprint density at radius 1 is 1.24 bits per heavy atom. The van der Waals surface area contributed by atoms with E-state index in [1.165, 1.54) is 13.2 Å². The minimum absolute atomic E-state index is 0.0965. The van der Waals surface area contributed by atoms with Crippen LogP contribution < -0.4 is 14.2 Å². The second-order valence-corrected chi connectivity index (χ2v) is 6.44. The third-order valence-electron chi connectivity index (χ3n) is 4.22. The molecule has 0 saturated heterocycles. The van der Waals surface area contributed by atoms with Gasteiger partial charge in [0.05, 0.1) is 18.8 Å². The maximum Gasteiger partial charge on any atom is 0.387 e. The predicted octanol–water partition coefficient (Wildman–Crippen LogP) is 3.42. The molecule has 0 saturated carbocycles. The molecule has 2 heterocycles. The van der Waals surface area contributed by atoms with Gasteiger partial charge in [0.1, 0.15) is 35.5 Å². The molecule has 3 rings (SSSR count). The fraction of sp³-hybridized carbons (Fsp3) is 0.300. The zero-order valence-electron chi connectivity index (χ0n) is 16.2. The van der Waals surface area contributed by atoms with Gasteiger partial charge in [-0.3, -0.25) is 0 Å². The lowest BCUT2D eigenvalue weighted by molar-refractivity contribution is -0.0500. The predicted molar refractivity (Wildman–Crippen MR) is 103 cm³/mol. The third-order valence-corrected chi connectivity index (χ3v) is 4.22. The Bertz CT molecular complexity index is 1040. The largest absolute Gasteiger partial charge is 0.495 e. The number of pyridine rings is 1. The molecule has 152 valence electrons. The van der Waals surface area contributed by atoms with Gasteiger partial charge >= 0.3 is 6.61 Å².